The topological polar surface area (TPSA) is 76.5 Å². The van der Waals surface area contributed by atoms with Gasteiger partial charge in [-0.25, -0.2) is 4.68 Å². The maximum Gasteiger partial charge on any atom is 0.245 e. The number of rotatable bonds is 7. The van der Waals surface area contributed by atoms with Gasteiger partial charge in [-0.3, -0.25) is 9.59 Å². The highest BCUT2D eigenvalue weighted by Crippen LogP contribution is 2.27. The number of carbonyl (C=O) groups excluding carboxylic acids is 2. The first-order valence-corrected chi connectivity index (χ1v) is 10.4. The lowest BCUT2D eigenvalue weighted by atomic mass is 9.92. The molecule has 1 aromatic carbocycles. The van der Waals surface area contributed by atoms with E-state index >= 15 is 0 Å². The summed E-state index contributed by atoms with van der Waals surface area (Å²) in [5, 5.41) is 6.90. The fourth-order valence-corrected chi connectivity index (χ4v) is 2.96. The third kappa shape index (κ3) is 5.75. The van der Waals surface area contributed by atoms with E-state index in [1.54, 1.807) is 18.7 Å². The van der Waals surface area contributed by atoms with Gasteiger partial charge in [0.25, 0.3) is 0 Å². The molecule has 8 heteroatoms. The molecule has 1 atom stereocenters. The van der Waals surface area contributed by atoms with Crippen LogP contribution < -0.4 is 10.1 Å². The van der Waals surface area contributed by atoms with Gasteiger partial charge in [-0.15, -0.1) is 11.6 Å². The van der Waals surface area contributed by atoms with E-state index in [-0.39, 0.29) is 29.8 Å². The predicted molar refractivity (Wildman–Crippen MR) is 120 cm³/mol. The number of amides is 2. The molecule has 0 saturated heterocycles. The summed E-state index contributed by atoms with van der Waals surface area (Å²) < 4.78 is 6.90. The van der Waals surface area contributed by atoms with Gasteiger partial charge >= 0.3 is 0 Å². The Morgan fingerprint density at radius 3 is 2.27 bits per heavy atom. The van der Waals surface area contributed by atoms with Crippen molar-refractivity contribution in [2.24, 2.45) is 0 Å². The minimum absolute atomic E-state index is 0.0911. The molecular formula is C22H31ClN4O3. The Bertz CT molecular complexity index is 883. The number of carbonyl (C=O) groups is 2. The second kappa shape index (κ2) is 9.51. The largest absolute Gasteiger partial charge is 0.497 e. The van der Waals surface area contributed by atoms with Crippen molar-refractivity contribution in [1.29, 1.82) is 0 Å². The highest BCUT2D eigenvalue weighted by molar-refractivity contribution is 6.30. The lowest BCUT2D eigenvalue weighted by molar-refractivity contribution is -0.135. The molecule has 1 N–H and O–H groups in total. The number of alkyl halides is 1. The van der Waals surface area contributed by atoms with E-state index in [1.807, 2.05) is 44.2 Å². The van der Waals surface area contributed by atoms with Crippen LogP contribution in [-0.2, 0) is 15.0 Å². The van der Waals surface area contributed by atoms with Gasteiger partial charge in [0, 0.05) is 17.5 Å². The summed E-state index contributed by atoms with van der Waals surface area (Å²) >= 11 is 5.95. The number of benzene rings is 1. The molecule has 2 rings (SSSR count). The molecule has 0 aliphatic carbocycles. The quantitative estimate of drug-likeness (QED) is 0.668. The van der Waals surface area contributed by atoms with Crippen LogP contribution in [0.15, 0.2) is 30.3 Å². The van der Waals surface area contributed by atoms with Gasteiger partial charge in [0.1, 0.15) is 23.5 Å². The summed E-state index contributed by atoms with van der Waals surface area (Å²) in [6.07, 6.45) is 0. The van der Waals surface area contributed by atoms with Crippen LogP contribution in [0.25, 0.3) is 5.69 Å². The first kappa shape index (κ1) is 23.7. The summed E-state index contributed by atoms with van der Waals surface area (Å²) in [6, 6.07) is 9.11. The maximum absolute atomic E-state index is 12.8. The van der Waals surface area contributed by atoms with Crippen LogP contribution >= 0.6 is 11.6 Å². The van der Waals surface area contributed by atoms with E-state index in [0.29, 0.717) is 5.82 Å². The number of ether oxygens (including phenoxy) is 1. The Hall–Kier alpha value is -2.54. The summed E-state index contributed by atoms with van der Waals surface area (Å²) in [7, 11) is 1.61. The summed E-state index contributed by atoms with van der Waals surface area (Å²) in [5.74, 6) is 0.671. The molecule has 2 amide bonds. The zero-order valence-electron chi connectivity index (χ0n) is 18.7. The van der Waals surface area contributed by atoms with Crippen LogP contribution in [0.3, 0.4) is 0 Å². The monoisotopic (exact) mass is 434 g/mol. The van der Waals surface area contributed by atoms with Crippen molar-refractivity contribution in [3.63, 3.8) is 0 Å². The van der Waals surface area contributed by atoms with E-state index in [1.165, 1.54) is 4.90 Å². The molecule has 0 aliphatic heterocycles. The van der Waals surface area contributed by atoms with Crippen LogP contribution in [-0.4, -0.2) is 51.6 Å². The Morgan fingerprint density at radius 2 is 1.80 bits per heavy atom. The van der Waals surface area contributed by atoms with Crippen molar-refractivity contribution in [1.82, 2.24) is 14.7 Å². The molecule has 30 heavy (non-hydrogen) atoms. The molecule has 0 bridgehead atoms. The van der Waals surface area contributed by atoms with Crippen molar-refractivity contribution in [2.45, 2.75) is 58.4 Å². The number of nitrogens with one attached hydrogen (secondary N) is 1. The number of aromatic nitrogens is 2. The zero-order chi connectivity index (χ0) is 22.6. The highest BCUT2D eigenvalue weighted by atomic mass is 35.5. The fraction of sp³-hybridized carbons (Fsp3) is 0.500. The molecule has 1 aromatic heterocycles. The van der Waals surface area contributed by atoms with Crippen molar-refractivity contribution in [3.8, 4) is 11.4 Å². The van der Waals surface area contributed by atoms with Gasteiger partial charge in [-0.1, -0.05) is 20.8 Å². The first-order chi connectivity index (χ1) is 13.9. The molecule has 1 unspecified atom stereocenters. The summed E-state index contributed by atoms with van der Waals surface area (Å²) in [5.41, 5.74) is 1.41. The predicted octanol–water partition coefficient (Wildman–Crippen LogP) is 3.98. The average Bonchev–Trinajstić information content (AvgIpc) is 3.09. The zero-order valence-corrected chi connectivity index (χ0v) is 19.4. The van der Waals surface area contributed by atoms with Crippen LogP contribution in [0.2, 0.25) is 0 Å². The maximum atomic E-state index is 12.8. The van der Waals surface area contributed by atoms with Crippen LogP contribution in [0, 0.1) is 0 Å². The number of methoxy groups -OCH3 is 1. The minimum Gasteiger partial charge on any atom is -0.497 e. The lowest BCUT2D eigenvalue weighted by Gasteiger charge is -2.27. The SMILES string of the molecule is COc1ccc(-n2nc(C(C)(C)C)cc2NC(=O)CN(C(=O)C(C)Cl)C(C)C)cc1. The van der Waals surface area contributed by atoms with Crippen LogP contribution in [0.1, 0.15) is 47.2 Å². The molecule has 1 heterocycles. The molecule has 2 aromatic rings. The Labute approximate surface area is 183 Å². The normalized spacial score (nSPS) is 12.6. The molecule has 7 nitrogen and oxygen atoms in total. The van der Waals surface area contributed by atoms with Gasteiger partial charge in [-0.2, -0.15) is 5.10 Å². The summed E-state index contributed by atoms with van der Waals surface area (Å²) in [4.78, 5) is 26.6. The van der Waals surface area contributed by atoms with E-state index < -0.39 is 5.38 Å². The highest BCUT2D eigenvalue weighted by Gasteiger charge is 2.25. The van der Waals surface area contributed by atoms with E-state index in [9.17, 15) is 9.59 Å². The van der Waals surface area contributed by atoms with Crippen LogP contribution in [0.5, 0.6) is 5.75 Å². The Balaban J connectivity index is 2.33. The first-order valence-electron chi connectivity index (χ1n) is 9.93. The molecule has 0 spiro atoms. The van der Waals surface area contributed by atoms with Gasteiger partial charge in [0.05, 0.1) is 18.5 Å². The third-order valence-electron chi connectivity index (χ3n) is 4.62. The van der Waals surface area contributed by atoms with Crippen molar-refractivity contribution < 1.29 is 14.3 Å². The Morgan fingerprint density at radius 1 is 1.20 bits per heavy atom. The van der Waals surface area contributed by atoms with Crippen LogP contribution in [0.4, 0.5) is 5.82 Å². The lowest BCUT2D eigenvalue weighted by Crippen LogP contribution is -2.45. The second-order valence-corrected chi connectivity index (χ2v) is 9.15. The minimum atomic E-state index is -0.697. The second-order valence-electron chi connectivity index (χ2n) is 8.50. The van der Waals surface area contributed by atoms with Crippen molar-refractivity contribution in [2.75, 3.05) is 19.0 Å². The molecule has 0 saturated carbocycles. The van der Waals surface area contributed by atoms with E-state index in [0.717, 1.165) is 17.1 Å². The van der Waals surface area contributed by atoms with E-state index in [2.05, 4.69) is 26.1 Å². The standard InChI is InChI=1S/C22H31ClN4O3/c1-14(2)26(21(29)15(3)23)13-20(28)24-19-12-18(22(4,5)6)25-27(19)16-8-10-17(30-7)11-9-16/h8-12,14-15H,13H2,1-7H3,(H,24,28). The Kier molecular flexibility index (Phi) is 7.53. The van der Waals surface area contributed by atoms with Gasteiger partial charge in [0.15, 0.2) is 0 Å². The number of hydrogen-bond donors (Lipinski definition) is 1. The number of hydrogen-bond acceptors (Lipinski definition) is 4. The van der Waals surface area contributed by atoms with Crippen molar-refractivity contribution in [3.05, 3.63) is 36.0 Å². The number of nitrogens with zero attached hydrogens (tertiary/aromatic N) is 3. The molecule has 0 fully saturated rings. The molecular weight excluding hydrogens is 404 g/mol. The van der Waals surface area contributed by atoms with Gasteiger partial charge in [0.2, 0.25) is 11.8 Å². The molecule has 0 radical (unpaired) electrons. The number of anilines is 1. The van der Waals surface area contributed by atoms with E-state index in [4.69, 9.17) is 21.4 Å². The molecule has 0 aliphatic rings. The van der Waals surface area contributed by atoms with Crippen molar-refractivity contribution >= 4 is 29.2 Å². The number of halogens is 1. The summed E-state index contributed by atoms with van der Waals surface area (Å²) in [6.45, 7) is 11.4. The average molecular weight is 435 g/mol. The fourth-order valence-electron chi connectivity index (χ4n) is 2.84. The third-order valence-corrected chi connectivity index (χ3v) is 4.81. The van der Waals surface area contributed by atoms with Gasteiger partial charge in [-0.05, 0) is 45.0 Å². The molecule has 164 valence electrons. The smallest absolute Gasteiger partial charge is 0.245 e. The van der Waals surface area contributed by atoms with Gasteiger partial charge < -0.3 is 15.0 Å².